The Kier molecular flexibility index (Phi) is 2.75. The number of rotatable bonds is 0. The number of hydrogen-bond donors (Lipinski definition) is 1. The van der Waals surface area contributed by atoms with Crippen LogP contribution in [0.2, 0.25) is 0 Å². The number of hydrogen-bond acceptors (Lipinski definition) is 1. The highest BCUT2D eigenvalue weighted by molar-refractivity contribution is 5.94. The standard InChI is InChI=1S/C14H19NO/c1-14(2,3)11-9-8-10-6-4-5-7-12(10)15-13(11)16/h4-7,11H,8-9H2,1-3H3,(H,15,16). The van der Waals surface area contributed by atoms with Crippen molar-refractivity contribution in [2.45, 2.75) is 33.6 Å². The van der Waals surface area contributed by atoms with Gasteiger partial charge in [-0.1, -0.05) is 39.0 Å². The largest absolute Gasteiger partial charge is 0.326 e. The number of anilines is 1. The molecule has 1 aromatic carbocycles. The van der Waals surface area contributed by atoms with Gasteiger partial charge in [-0.15, -0.1) is 0 Å². The number of aryl methyl sites for hydroxylation is 1. The summed E-state index contributed by atoms with van der Waals surface area (Å²) >= 11 is 0. The second kappa shape index (κ2) is 3.93. The van der Waals surface area contributed by atoms with E-state index in [9.17, 15) is 4.79 Å². The van der Waals surface area contributed by atoms with Crippen LogP contribution in [0.4, 0.5) is 5.69 Å². The molecule has 1 atom stereocenters. The predicted molar refractivity (Wildman–Crippen MR) is 66.3 cm³/mol. The summed E-state index contributed by atoms with van der Waals surface area (Å²) in [4.78, 5) is 12.1. The molecule has 1 aromatic rings. The molecule has 0 saturated carbocycles. The van der Waals surface area contributed by atoms with E-state index < -0.39 is 0 Å². The third kappa shape index (κ3) is 2.11. The fraction of sp³-hybridized carbons (Fsp3) is 0.500. The van der Waals surface area contributed by atoms with Crippen molar-refractivity contribution in [1.29, 1.82) is 0 Å². The SMILES string of the molecule is CC(C)(C)C1CCc2ccccc2NC1=O. The van der Waals surface area contributed by atoms with Crippen LogP contribution in [0.25, 0.3) is 0 Å². The van der Waals surface area contributed by atoms with E-state index in [0.29, 0.717) is 0 Å². The number of nitrogens with one attached hydrogen (secondary N) is 1. The van der Waals surface area contributed by atoms with Gasteiger partial charge in [0.2, 0.25) is 5.91 Å². The molecule has 0 bridgehead atoms. The average molecular weight is 217 g/mol. The van der Waals surface area contributed by atoms with E-state index >= 15 is 0 Å². The monoisotopic (exact) mass is 217 g/mol. The van der Waals surface area contributed by atoms with Crippen LogP contribution in [-0.2, 0) is 11.2 Å². The third-order valence-corrected chi connectivity index (χ3v) is 3.34. The van der Waals surface area contributed by atoms with Gasteiger partial charge in [-0.25, -0.2) is 0 Å². The van der Waals surface area contributed by atoms with Crippen molar-refractivity contribution in [2.75, 3.05) is 5.32 Å². The molecule has 2 nitrogen and oxygen atoms in total. The number of para-hydroxylation sites is 1. The van der Waals surface area contributed by atoms with Crippen molar-refractivity contribution in [2.24, 2.45) is 11.3 Å². The number of carbonyl (C=O) groups excluding carboxylic acids is 1. The minimum atomic E-state index is 0.0339. The molecule has 0 aliphatic carbocycles. The summed E-state index contributed by atoms with van der Waals surface area (Å²) in [6.07, 6.45) is 1.92. The van der Waals surface area contributed by atoms with E-state index in [1.54, 1.807) is 0 Å². The van der Waals surface area contributed by atoms with Gasteiger partial charge in [-0.3, -0.25) is 4.79 Å². The Hall–Kier alpha value is -1.31. The summed E-state index contributed by atoms with van der Waals surface area (Å²) in [7, 11) is 0. The van der Waals surface area contributed by atoms with Crippen molar-refractivity contribution in [3.63, 3.8) is 0 Å². The van der Waals surface area contributed by atoms with Gasteiger partial charge in [0.1, 0.15) is 0 Å². The summed E-state index contributed by atoms with van der Waals surface area (Å²) < 4.78 is 0. The quantitative estimate of drug-likeness (QED) is 0.710. The molecule has 2 rings (SSSR count). The average Bonchev–Trinajstić information content (AvgIpc) is 2.34. The Morgan fingerprint density at radius 1 is 1.25 bits per heavy atom. The lowest BCUT2D eigenvalue weighted by Crippen LogP contribution is -2.32. The molecule has 1 amide bonds. The first-order valence-corrected chi connectivity index (χ1v) is 5.87. The number of fused-ring (bicyclic) bond motifs is 1. The zero-order valence-corrected chi connectivity index (χ0v) is 10.2. The minimum Gasteiger partial charge on any atom is -0.326 e. The number of amides is 1. The van der Waals surface area contributed by atoms with Gasteiger partial charge in [0.25, 0.3) is 0 Å². The van der Waals surface area contributed by atoms with Crippen molar-refractivity contribution < 1.29 is 4.79 Å². The molecule has 1 heterocycles. The van der Waals surface area contributed by atoms with Gasteiger partial charge in [0, 0.05) is 11.6 Å². The van der Waals surface area contributed by atoms with Gasteiger partial charge >= 0.3 is 0 Å². The van der Waals surface area contributed by atoms with Crippen LogP contribution < -0.4 is 5.32 Å². The first kappa shape index (κ1) is 11.2. The van der Waals surface area contributed by atoms with E-state index in [1.807, 2.05) is 18.2 Å². The molecule has 1 aliphatic heterocycles. The van der Waals surface area contributed by atoms with E-state index in [2.05, 4.69) is 32.2 Å². The van der Waals surface area contributed by atoms with Crippen LogP contribution in [0, 0.1) is 11.3 Å². The molecule has 86 valence electrons. The molecular formula is C14H19NO. The summed E-state index contributed by atoms with van der Waals surface area (Å²) in [6.45, 7) is 6.40. The molecule has 1 aliphatic rings. The van der Waals surface area contributed by atoms with Crippen molar-refractivity contribution in [3.05, 3.63) is 29.8 Å². The maximum Gasteiger partial charge on any atom is 0.228 e. The van der Waals surface area contributed by atoms with Gasteiger partial charge in [0.05, 0.1) is 0 Å². The first-order valence-electron chi connectivity index (χ1n) is 5.87. The Labute approximate surface area is 97.1 Å². The summed E-state index contributed by atoms with van der Waals surface area (Å²) in [5, 5.41) is 3.04. The van der Waals surface area contributed by atoms with Crippen LogP contribution in [0.15, 0.2) is 24.3 Å². The van der Waals surface area contributed by atoms with Crippen LogP contribution in [0.3, 0.4) is 0 Å². The van der Waals surface area contributed by atoms with Crippen LogP contribution in [-0.4, -0.2) is 5.91 Å². The molecule has 0 spiro atoms. The Morgan fingerprint density at radius 2 is 1.94 bits per heavy atom. The molecule has 0 radical (unpaired) electrons. The highest BCUT2D eigenvalue weighted by Gasteiger charge is 2.32. The molecule has 0 aromatic heterocycles. The third-order valence-electron chi connectivity index (χ3n) is 3.34. The normalized spacial score (nSPS) is 20.9. The molecule has 0 fully saturated rings. The lowest BCUT2D eigenvalue weighted by atomic mass is 9.77. The van der Waals surface area contributed by atoms with Gasteiger partial charge in [-0.2, -0.15) is 0 Å². The topological polar surface area (TPSA) is 29.1 Å². The van der Waals surface area contributed by atoms with Crippen molar-refractivity contribution >= 4 is 11.6 Å². The highest BCUT2D eigenvalue weighted by Crippen LogP contribution is 2.34. The Bertz CT molecular complexity index is 403. The van der Waals surface area contributed by atoms with E-state index in [1.165, 1.54) is 5.56 Å². The zero-order chi connectivity index (χ0) is 11.8. The van der Waals surface area contributed by atoms with Gasteiger partial charge in [-0.05, 0) is 29.9 Å². The second-order valence-electron chi connectivity index (χ2n) is 5.60. The number of carbonyl (C=O) groups is 1. The fourth-order valence-corrected chi connectivity index (χ4v) is 2.34. The smallest absolute Gasteiger partial charge is 0.228 e. The van der Waals surface area contributed by atoms with Crippen molar-refractivity contribution in [1.82, 2.24) is 0 Å². The summed E-state index contributed by atoms with van der Waals surface area (Å²) in [5.74, 6) is 0.261. The van der Waals surface area contributed by atoms with Crippen LogP contribution >= 0.6 is 0 Å². The van der Waals surface area contributed by atoms with Crippen LogP contribution in [0.5, 0.6) is 0 Å². The maximum absolute atomic E-state index is 12.1. The molecule has 1 N–H and O–H groups in total. The fourth-order valence-electron chi connectivity index (χ4n) is 2.34. The van der Waals surface area contributed by atoms with E-state index in [-0.39, 0.29) is 17.2 Å². The molecule has 2 heteroatoms. The molecule has 16 heavy (non-hydrogen) atoms. The second-order valence-corrected chi connectivity index (χ2v) is 5.60. The summed E-state index contributed by atoms with van der Waals surface area (Å²) in [6, 6.07) is 8.08. The minimum absolute atomic E-state index is 0.0339. The van der Waals surface area contributed by atoms with Crippen LogP contribution in [0.1, 0.15) is 32.8 Å². The Morgan fingerprint density at radius 3 is 2.62 bits per heavy atom. The zero-order valence-electron chi connectivity index (χ0n) is 10.2. The summed E-state index contributed by atoms with van der Waals surface area (Å²) in [5.41, 5.74) is 2.27. The Balaban J connectivity index is 2.29. The van der Waals surface area contributed by atoms with E-state index in [0.717, 1.165) is 18.5 Å². The molecule has 1 unspecified atom stereocenters. The lowest BCUT2D eigenvalue weighted by molar-refractivity contribution is -0.123. The van der Waals surface area contributed by atoms with Gasteiger partial charge in [0.15, 0.2) is 0 Å². The molecular weight excluding hydrogens is 198 g/mol. The van der Waals surface area contributed by atoms with E-state index in [4.69, 9.17) is 0 Å². The first-order chi connectivity index (χ1) is 7.48. The lowest BCUT2D eigenvalue weighted by Gasteiger charge is -2.27. The highest BCUT2D eigenvalue weighted by atomic mass is 16.1. The van der Waals surface area contributed by atoms with Gasteiger partial charge < -0.3 is 5.32 Å². The number of benzene rings is 1. The maximum atomic E-state index is 12.1. The van der Waals surface area contributed by atoms with Crippen molar-refractivity contribution in [3.8, 4) is 0 Å². The predicted octanol–water partition coefficient (Wildman–Crippen LogP) is 3.23. The molecule has 0 saturated heterocycles.